The van der Waals surface area contributed by atoms with E-state index in [1.807, 2.05) is 19.1 Å². The molecule has 0 saturated carbocycles. The summed E-state index contributed by atoms with van der Waals surface area (Å²) in [4.78, 5) is 26.4. The van der Waals surface area contributed by atoms with Crippen LogP contribution in [0.5, 0.6) is 0 Å². The van der Waals surface area contributed by atoms with Crippen LogP contribution in [0.2, 0.25) is 0 Å². The third-order valence-electron chi connectivity index (χ3n) is 4.39. The summed E-state index contributed by atoms with van der Waals surface area (Å²) in [6.45, 7) is 2.84. The van der Waals surface area contributed by atoms with E-state index in [-0.39, 0.29) is 36.4 Å². The highest BCUT2D eigenvalue weighted by molar-refractivity contribution is 6.04. The zero-order valence-corrected chi connectivity index (χ0v) is 16.2. The number of carbonyl (C=O) groups excluding carboxylic acids is 2. The summed E-state index contributed by atoms with van der Waals surface area (Å²) in [6, 6.07) is 16.6. The number of benzene rings is 2. The molecule has 0 saturated heterocycles. The molecule has 0 radical (unpaired) electrons. The van der Waals surface area contributed by atoms with Crippen LogP contribution in [0.4, 0.5) is 10.1 Å². The van der Waals surface area contributed by atoms with Crippen molar-refractivity contribution in [1.82, 2.24) is 5.32 Å². The molecule has 29 heavy (non-hydrogen) atoms. The van der Waals surface area contributed by atoms with Crippen molar-refractivity contribution in [3.63, 3.8) is 0 Å². The van der Waals surface area contributed by atoms with Gasteiger partial charge in [-0.05, 0) is 53.9 Å². The van der Waals surface area contributed by atoms with Gasteiger partial charge in [0.25, 0.3) is 5.91 Å². The van der Waals surface area contributed by atoms with Gasteiger partial charge < -0.3 is 14.6 Å². The Kier molecular flexibility index (Phi) is 6.79. The van der Waals surface area contributed by atoms with E-state index in [0.717, 1.165) is 12.0 Å². The van der Waals surface area contributed by atoms with Crippen LogP contribution in [0, 0.1) is 5.82 Å². The Labute approximate surface area is 169 Å². The van der Waals surface area contributed by atoms with E-state index in [4.69, 9.17) is 4.42 Å². The number of carbonyl (C=O) groups is 2. The van der Waals surface area contributed by atoms with Crippen LogP contribution < -0.4 is 10.2 Å². The first kappa shape index (κ1) is 20.3. The van der Waals surface area contributed by atoms with Gasteiger partial charge in [-0.25, -0.2) is 4.39 Å². The molecule has 3 aromatic rings. The van der Waals surface area contributed by atoms with Gasteiger partial charge in [-0.1, -0.05) is 31.2 Å². The van der Waals surface area contributed by atoms with Crippen LogP contribution in [-0.2, 0) is 17.8 Å². The predicted molar refractivity (Wildman–Crippen MR) is 109 cm³/mol. The molecule has 6 heteroatoms. The van der Waals surface area contributed by atoms with E-state index in [1.54, 1.807) is 36.4 Å². The molecule has 1 heterocycles. The van der Waals surface area contributed by atoms with Crippen molar-refractivity contribution in [3.05, 3.63) is 89.6 Å². The maximum Gasteiger partial charge on any atom is 0.294 e. The fraction of sp³-hybridized carbons (Fsp3) is 0.217. The minimum atomic E-state index is -0.360. The second kappa shape index (κ2) is 9.68. The van der Waals surface area contributed by atoms with Crippen molar-refractivity contribution >= 4 is 17.5 Å². The quantitative estimate of drug-likeness (QED) is 0.618. The highest BCUT2D eigenvalue weighted by atomic mass is 19.1. The molecule has 0 spiro atoms. The highest BCUT2D eigenvalue weighted by Crippen LogP contribution is 2.22. The fourth-order valence-electron chi connectivity index (χ4n) is 2.94. The molecule has 0 bridgehead atoms. The number of amides is 2. The van der Waals surface area contributed by atoms with E-state index < -0.39 is 0 Å². The van der Waals surface area contributed by atoms with Crippen molar-refractivity contribution in [2.75, 3.05) is 11.4 Å². The van der Waals surface area contributed by atoms with Crippen LogP contribution in [0.25, 0.3) is 0 Å². The molecule has 0 fully saturated rings. The van der Waals surface area contributed by atoms with E-state index in [9.17, 15) is 14.0 Å². The van der Waals surface area contributed by atoms with Crippen LogP contribution in [0.15, 0.2) is 71.3 Å². The summed E-state index contributed by atoms with van der Waals surface area (Å²) < 4.78 is 18.9. The molecule has 0 aliphatic rings. The van der Waals surface area contributed by atoms with Crippen LogP contribution >= 0.6 is 0 Å². The second-order valence-electron chi connectivity index (χ2n) is 6.69. The Morgan fingerprint density at radius 2 is 1.83 bits per heavy atom. The fourth-order valence-corrected chi connectivity index (χ4v) is 2.94. The molecule has 1 aromatic heterocycles. The number of furan rings is 1. The lowest BCUT2D eigenvalue weighted by Gasteiger charge is -2.22. The summed E-state index contributed by atoms with van der Waals surface area (Å²) in [7, 11) is 0. The van der Waals surface area contributed by atoms with Gasteiger partial charge in [0.2, 0.25) is 5.91 Å². The van der Waals surface area contributed by atoms with Crippen molar-refractivity contribution in [1.29, 1.82) is 0 Å². The summed E-state index contributed by atoms with van der Waals surface area (Å²) >= 11 is 0. The smallest absolute Gasteiger partial charge is 0.294 e. The Hall–Kier alpha value is -3.41. The van der Waals surface area contributed by atoms with Gasteiger partial charge in [-0.2, -0.15) is 0 Å². The monoisotopic (exact) mass is 394 g/mol. The standard InChI is InChI=1S/C23H23FN2O3/c1-2-12-25-22(27)15-17-8-10-20(11-9-17)26(23(28)21-7-4-13-29-21)16-18-5-3-6-19(24)14-18/h3-11,13-14H,2,12,15-16H2,1H3,(H,25,27). The van der Waals surface area contributed by atoms with Gasteiger partial charge in [0.1, 0.15) is 5.82 Å². The topological polar surface area (TPSA) is 62.6 Å². The number of rotatable bonds is 8. The Morgan fingerprint density at radius 3 is 2.48 bits per heavy atom. The summed E-state index contributed by atoms with van der Waals surface area (Å²) in [5.41, 5.74) is 2.14. The van der Waals surface area contributed by atoms with Crippen LogP contribution in [-0.4, -0.2) is 18.4 Å². The largest absolute Gasteiger partial charge is 0.459 e. The predicted octanol–water partition coefficient (Wildman–Crippen LogP) is 4.33. The lowest BCUT2D eigenvalue weighted by atomic mass is 10.1. The minimum absolute atomic E-state index is 0.0390. The number of nitrogens with one attached hydrogen (secondary N) is 1. The van der Waals surface area contributed by atoms with Crippen LogP contribution in [0.3, 0.4) is 0 Å². The zero-order chi connectivity index (χ0) is 20.6. The van der Waals surface area contributed by atoms with Crippen molar-refractivity contribution in [3.8, 4) is 0 Å². The van der Waals surface area contributed by atoms with Gasteiger partial charge in [0.05, 0.1) is 19.2 Å². The Morgan fingerprint density at radius 1 is 1.03 bits per heavy atom. The summed E-state index contributed by atoms with van der Waals surface area (Å²) in [6.07, 6.45) is 2.59. The van der Waals surface area contributed by atoms with Gasteiger partial charge in [0, 0.05) is 12.2 Å². The lowest BCUT2D eigenvalue weighted by molar-refractivity contribution is -0.120. The zero-order valence-electron chi connectivity index (χ0n) is 16.2. The van der Waals surface area contributed by atoms with Crippen molar-refractivity contribution in [2.45, 2.75) is 26.3 Å². The average molecular weight is 394 g/mol. The second-order valence-corrected chi connectivity index (χ2v) is 6.69. The molecule has 150 valence electrons. The number of halogens is 1. The third kappa shape index (κ3) is 5.54. The molecular weight excluding hydrogens is 371 g/mol. The highest BCUT2D eigenvalue weighted by Gasteiger charge is 2.21. The summed E-state index contributed by atoms with van der Waals surface area (Å²) in [5, 5.41) is 2.84. The SMILES string of the molecule is CCCNC(=O)Cc1ccc(N(Cc2cccc(F)c2)C(=O)c2ccco2)cc1. The van der Waals surface area contributed by atoms with Gasteiger partial charge >= 0.3 is 0 Å². The van der Waals surface area contributed by atoms with Gasteiger partial charge in [0.15, 0.2) is 5.76 Å². The molecule has 0 aliphatic heterocycles. The minimum Gasteiger partial charge on any atom is -0.459 e. The lowest BCUT2D eigenvalue weighted by Crippen LogP contribution is -2.30. The van der Waals surface area contributed by atoms with Gasteiger partial charge in [-0.3, -0.25) is 9.59 Å². The van der Waals surface area contributed by atoms with Crippen LogP contribution in [0.1, 0.15) is 35.0 Å². The molecule has 2 aromatic carbocycles. The first-order valence-electron chi connectivity index (χ1n) is 9.52. The Balaban J connectivity index is 1.81. The molecule has 0 aliphatic carbocycles. The first-order valence-corrected chi connectivity index (χ1v) is 9.52. The first-order chi connectivity index (χ1) is 14.1. The summed E-state index contributed by atoms with van der Waals surface area (Å²) in [5.74, 6) is -0.527. The Bertz CT molecular complexity index is 953. The van der Waals surface area contributed by atoms with Crippen molar-refractivity contribution in [2.24, 2.45) is 0 Å². The third-order valence-corrected chi connectivity index (χ3v) is 4.39. The number of hydrogen-bond donors (Lipinski definition) is 1. The maximum atomic E-state index is 13.6. The molecule has 0 unspecified atom stereocenters. The van der Waals surface area contributed by atoms with E-state index in [1.165, 1.54) is 23.3 Å². The number of nitrogens with zero attached hydrogens (tertiary/aromatic N) is 1. The van der Waals surface area contributed by atoms with Crippen molar-refractivity contribution < 1.29 is 18.4 Å². The number of hydrogen-bond acceptors (Lipinski definition) is 3. The van der Waals surface area contributed by atoms with E-state index in [0.29, 0.717) is 17.8 Å². The normalized spacial score (nSPS) is 10.6. The molecule has 1 N–H and O–H groups in total. The molecule has 3 rings (SSSR count). The molecule has 2 amide bonds. The maximum absolute atomic E-state index is 13.6. The van der Waals surface area contributed by atoms with E-state index >= 15 is 0 Å². The van der Waals surface area contributed by atoms with E-state index in [2.05, 4.69) is 5.32 Å². The average Bonchev–Trinajstić information content (AvgIpc) is 3.26. The molecule has 5 nitrogen and oxygen atoms in total. The number of anilines is 1. The van der Waals surface area contributed by atoms with Gasteiger partial charge in [-0.15, -0.1) is 0 Å². The molecular formula is C23H23FN2O3. The molecule has 0 atom stereocenters.